The number of H-pyrrole nitrogens is 1. The van der Waals surface area contributed by atoms with Crippen molar-refractivity contribution < 1.29 is 9.53 Å². The topological polar surface area (TPSA) is 54.1 Å². The van der Waals surface area contributed by atoms with Gasteiger partial charge in [-0.1, -0.05) is 0 Å². The average molecular weight is 258 g/mol. The molecule has 0 saturated carbocycles. The summed E-state index contributed by atoms with van der Waals surface area (Å²) >= 11 is 0. The minimum Gasteiger partial charge on any atom is -0.497 e. The number of rotatable bonds is 3. The van der Waals surface area contributed by atoms with E-state index in [1.54, 1.807) is 7.11 Å². The van der Waals surface area contributed by atoms with Crippen LogP contribution in [0, 0.1) is 5.92 Å². The lowest BCUT2D eigenvalue weighted by molar-refractivity contribution is -0.123. The number of carbonyl (C=O) groups excluding carboxylic acids is 1. The molecule has 1 saturated heterocycles. The number of carbonyl (C=O) groups is 1. The van der Waals surface area contributed by atoms with Crippen LogP contribution in [-0.4, -0.2) is 31.0 Å². The van der Waals surface area contributed by atoms with Gasteiger partial charge in [-0.15, -0.1) is 0 Å². The van der Waals surface area contributed by atoms with Crippen LogP contribution in [0.2, 0.25) is 0 Å². The van der Waals surface area contributed by atoms with E-state index in [1.807, 2.05) is 18.3 Å². The van der Waals surface area contributed by atoms with Crippen molar-refractivity contribution in [2.75, 3.05) is 20.2 Å². The van der Waals surface area contributed by atoms with E-state index in [1.165, 1.54) is 10.9 Å². The fourth-order valence-corrected chi connectivity index (χ4v) is 2.72. The molecule has 1 atom stereocenters. The average Bonchev–Trinajstić information content (AvgIpc) is 2.83. The van der Waals surface area contributed by atoms with Crippen LogP contribution >= 0.6 is 0 Å². The van der Waals surface area contributed by atoms with Crippen molar-refractivity contribution in [1.29, 1.82) is 0 Å². The lowest BCUT2D eigenvalue weighted by Crippen LogP contribution is -2.37. The minimum atomic E-state index is 0.106. The molecule has 4 nitrogen and oxygen atoms in total. The van der Waals surface area contributed by atoms with Crippen molar-refractivity contribution in [3.05, 3.63) is 30.0 Å². The van der Waals surface area contributed by atoms with Gasteiger partial charge in [-0.05, 0) is 24.1 Å². The molecule has 0 spiro atoms. The minimum absolute atomic E-state index is 0.106. The van der Waals surface area contributed by atoms with Gasteiger partial charge in [-0.2, -0.15) is 0 Å². The number of ketones is 1. The first-order chi connectivity index (χ1) is 9.28. The van der Waals surface area contributed by atoms with Crippen LogP contribution in [0.3, 0.4) is 0 Å². The number of nitrogens with one attached hydrogen (secondary N) is 2. The molecular formula is C15H18N2O2. The number of methoxy groups -OCH3 is 1. The maximum Gasteiger partial charge on any atom is 0.138 e. The highest BCUT2D eigenvalue weighted by Crippen LogP contribution is 2.25. The molecular weight excluding hydrogens is 240 g/mol. The first-order valence-electron chi connectivity index (χ1n) is 6.65. The molecule has 2 aromatic rings. The van der Waals surface area contributed by atoms with Crippen LogP contribution in [-0.2, 0) is 11.2 Å². The SMILES string of the molecule is COc1ccc2c(CC3CNCCC3=O)c[nH]c2c1. The van der Waals surface area contributed by atoms with Gasteiger partial charge in [0, 0.05) is 48.6 Å². The Morgan fingerprint density at radius 3 is 3.11 bits per heavy atom. The molecule has 1 aliphatic heterocycles. The molecule has 0 bridgehead atoms. The van der Waals surface area contributed by atoms with E-state index >= 15 is 0 Å². The van der Waals surface area contributed by atoms with Crippen LogP contribution in [0.5, 0.6) is 5.75 Å². The van der Waals surface area contributed by atoms with Gasteiger partial charge in [0.2, 0.25) is 0 Å². The fourth-order valence-electron chi connectivity index (χ4n) is 2.72. The molecule has 4 heteroatoms. The Balaban J connectivity index is 1.86. The summed E-state index contributed by atoms with van der Waals surface area (Å²) in [6.07, 6.45) is 3.46. The van der Waals surface area contributed by atoms with Gasteiger partial charge in [-0.25, -0.2) is 0 Å². The summed E-state index contributed by atoms with van der Waals surface area (Å²) < 4.78 is 5.21. The molecule has 0 radical (unpaired) electrons. The third-order valence-corrected chi connectivity index (χ3v) is 3.84. The van der Waals surface area contributed by atoms with E-state index < -0.39 is 0 Å². The van der Waals surface area contributed by atoms with E-state index in [0.717, 1.165) is 30.8 Å². The fraction of sp³-hybridized carbons (Fsp3) is 0.400. The molecule has 1 aromatic heterocycles. The van der Waals surface area contributed by atoms with Crippen LogP contribution in [0.1, 0.15) is 12.0 Å². The third-order valence-electron chi connectivity index (χ3n) is 3.84. The van der Waals surface area contributed by atoms with Crippen molar-refractivity contribution >= 4 is 16.7 Å². The Morgan fingerprint density at radius 2 is 2.32 bits per heavy atom. The standard InChI is InChI=1S/C15H18N2O2/c1-19-12-2-3-13-10(9-17-14(13)7-12)6-11-8-16-5-4-15(11)18/h2-3,7,9,11,16-17H,4-6,8H2,1H3. The predicted molar refractivity (Wildman–Crippen MR) is 74.5 cm³/mol. The van der Waals surface area contributed by atoms with Crippen LogP contribution in [0.15, 0.2) is 24.4 Å². The highest BCUT2D eigenvalue weighted by Gasteiger charge is 2.23. The van der Waals surface area contributed by atoms with Crippen LogP contribution < -0.4 is 10.1 Å². The van der Waals surface area contributed by atoms with Crippen molar-refractivity contribution in [3.63, 3.8) is 0 Å². The van der Waals surface area contributed by atoms with Gasteiger partial charge in [0.05, 0.1) is 7.11 Å². The summed E-state index contributed by atoms with van der Waals surface area (Å²) in [4.78, 5) is 15.1. The maximum absolute atomic E-state index is 11.9. The Hall–Kier alpha value is -1.81. The molecule has 1 unspecified atom stereocenters. The van der Waals surface area contributed by atoms with Gasteiger partial charge in [0.15, 0.2) is 0 Å². The van der Waals surface area contributed by atoms with E-state index in [4.69, 9.17) is 4.74 Å². The number of aromatic amines is 1. The number of benzene rings is 1. The number of aromatic nitrogens is 1. The van der Waals surface area contributed by atoms with E-state index in [-0.39, 0.29) is 5.92 Å². The molecule has 0 aliphatic carbocycles. The summed E-state index contributed by atoms with van der Waals surface area (Å²) in [5.74, 6) is 1.33. The van der Waals surface area contributed by atoms with Crippen LogP contribution in [0.4, 0.5) is 0 Å². The lowest BCUT2D eigenvalue weighted by Gasteiger charge is -2.21. The number of ether oxygens (including phenoxy) is 1. The highest BCUT2D eigenvalue weighted by atomic mass is 16.5. The van der Waals surface area contributed by atoms with E-state index in [0.29, 0.717) is 12.2 Å². The van der Waals surface area contributed by atoms with Crippen molar-refractivity contribution in [1.82, 2.24) is 10.3 Å². The molecule has 1 aliphatic rings. The van der Waals surface area contributed by atoms with Crippen LogP contribution in [0.25, 0.3) is 10.9 Å². The van der Waals surface area contributed by atoms with E-state index in [9.17, 15) is 4.79 Å². The zero-order valence-corrected chi connectivity index (χ0v) is 11.0. The molecule has 3 rings (SSSR count). The number of piperidine rings is 1. The zero-order valence-electron chi connectivity index (χ0n) is 11.0. The Bertz CT molecular complexity index is 603. The number of fused-ring (bicyclic) bond motifs is 1. The molecule has 2 heterocycles. The molecule has 2 N–H and O–H groups in total. The number of Topliss-reactive ketones (excluding diaryl/α,β-unsaturated/α-hetero) is 1. The second kappa shape index (κ2) is 5.05. The highest BCUT2D eigenvalue weighted by molar-refractivity contribution is 5.86. The molecule has 100 valence electrons. The third kappa shape index (κ3) is 2.36. The van der Waals surface area contributed by atoms with Crippen molar-refractivity contribution in [3.8, 4) is 5.75 Å². The summed E-state index contributed by atoms with van der Waals surface area (Å²) in [5.41, 5.74) is 2.27. The lowest BCUT2D eigenvalue weighted by atomic mass is 9.91. The largest absolute Gasteiger partial charge is 0.497 e. The first-order valence-corrected chi connectivity index (χ1v) is 6.65. The van der Waals surface area contributed by atoms with Gasteiger partial charge in [-0.3, -0.25) is 4.79 Å². The predicted octanol–water partition coefficient (Wildman–Crippen LogP) is 1.90. The molecule has 19 heavy (non-hydrogen) atoms. The monoisotopic (exact) mass is 258 g/mol. The second-order valence-electron chi connectivity index (χ2n) is 5.05. The van der Waals surface area contributed by atoms with Gasteiger partial charge in [0.25, 0.3) is 0 Å². The number of hydrogen-bond donors (Lipinski definition) is 2. The van der Waals surface area contributed by atoms with E-state index in [2.05, 4.69) is 16.4 Å². The zero-order chi connectivity index (χ0) is 13.2. The summed E-state index contributed by atoms with van der Waals surface area (Å²) in [6.45, 7) is 1.61. The van der Waals surface area contributed by atoms with Gasteiger partial charge >= 0.3 is 0 Å². The Kier molecular flexibility index (Phi) is 3.25. The smallest absolute Gasteiger partial charge is 0.138 e. The Labute approximate surface area is 112 Å². The normalized spacial score (nSPS) is 19.8. The maximum atomic E-state index is 11.9. The summed E-state index contributed by atoms with van der Waals surface area (Å²) in [7, 11) is 1.66. The number of hydrogen-bond acceptors (Lipinski definition) is 3. The molecule has 0 amide bonds. The van der Waals surface area contributed by atoms with Crippen molar-refractivity contribution in [2.24, 2.45) is 5.92 Å². The summed E-state index contributed by atoms with van der Waals surface area (Å²) in [6, 6.07) is 6.00. The summed E-state index contributed by atoms with van der Waals surface area (Å²) in [5, 5.41) is 4.47. The molecule has 1 fully saturated rings. The first kappa shape index (κ1) is 12.2. The van der Waals surface area contributed by atoms with Gasteiger partial charge < -0.3 is 15.0 Å². The quantitative estimate of drug-likeness (QED) is 0.884. The molecule has 1 aromatic carbocycles. The van der Waals surface area contributed by atoms with Crippen molar-refractivity contribution in [2.45, 2.75) is 12.8 Å². The second-order valence-corrected chi connectivity index (χ2v) is 5.05. The van der Waals surface area contributed by atoms with Gasteiger partial charge in [0.1, 0.15) is 11.5 Å². The Morgan fingerprint density at radius 1 is 1.42 bits per heavy atom.